The molecule has 0 saturated carbocycles. The lowest BCUT2D eigenvalue weighted by atomic mass is 10.0. The predicted molar refractivity (Wildman–Crippen MR) is 151 cm³/mol. The standard InChI is InChI=1S/C29H35N3O4Si/c1-21-24(30-27(33)23-14-10-7-11-15-23)16-17-25(26(21)28(34)36-18-19-37(3,4)5)31-29(35)32(2)20-22-12-8-6-9-13-22/h6-17H,18-20H2,1-5H3,(H,30,33)(H,31,35). The lowest BCUT2D eigenvalue weighted by molar-refractivity contribution is 0.0525. The number of benzene rings is 3. The first-order valence-corrected chi connectivity index (χ1v) is 16.0. The van der Waals surface area contributed by atoms with Gasteiger partial charge in [-0.3, -0.25) is 4.79 Å². The smallest absolute Gasteiger partial charge is 0.340 e. The number of hydrogen-bond acceptors (Lipinski definition) is 4. The summed E-state index contributed by atoms with van der Waals surface area (Å²) in [5.74, 6) is -0.825. The van der Waals surface area contributed by atoms with Crippen molar-refractivity contribution in [2.45, 2.75) is 39.2 Å². The van der Waals surface area contributed by atoms with E-state index >= 15 is 0 Å². The van der Waals surface area contributed by atoms with E-state index in [1.165, 1.54) is 4.90 Å². The van der Waals surface area contributed by atoms with Crippen molar-refractivity contribution in [3.63, 3.8) is 0 Å². The van der Waals surface area contributed by atoms with Crippen molar-refractivity contribution in [2.24, 2.45) is 0 Å². The number of carbonyl (C=O) groups excluding carboxylic acids is 3. The molecular weight excluding hydrogens is 482 g/mol. The van der Waals surface area contributed by atoms with Crippen LogP contribution in [0, 0.1) is 6.92 Å². The Hall–Kier alpha value is -3.91. The molecule has 7 nitrogen and oxygen atoms in total. The summed E-state index contributed by atoms with van der Waals surface area (Å²) < 4.78 is 5.63. The van der Waals surface area contributed by atoms with E-state index in [1.807, 2.05) is 36.4 Å². The van der Waals surface area contributed by atoms with Gasteiger partial charge in [-0.15, -0.1) is 0 Å². The molecule has 0 fully saturated rings. The second-order valence-corrected chi connectivity index (χ2v) is 15.8. The molecule has 0 bridgehead atoms. The lowest BCUT2D eigenvalue weighted by Crippen LogP contribution is -2.31. The Morgan fingerprint density at radius 2 is 1.43 bits per heavy atom. The molecule has 0 aromatic heterocycles. The second-order valence-electron chi connectivity index (χ2n) is 10.2. The Labute approximate surface area is 219 Å². The van der Waals surface area contributed by atoms with E-state index in [9.17, 15) is 14.4 Å². The second kappa shape index (κ2) is 12.4. The number of hydrogen-bond donors (Lipinski definition) is 2. The van der Waals surface area contributed by atoms with Gasteiger partial charge in [0.1, 0.15) is 0 Å². The molecule has 3 amide bonds. The van der Waals surface area contributed by atoms with Crippen LogP contribution < -0.4 is 10.6 Å². The van der Waals surface area contributed by atoms with Gasteiger partial charge in [-0.1, -0.05) is 68.2 Å². The van der Waals surface area contributed by atoms with E-state index in [1.54, 1.807) is 50.4 Å². The molecule has 37 heavy (non-hydrogen) atoms. The molecule has 0 radical (unpaired) electrons. The molecule has 8 heteroatoms. The van der Waals surface area contributed by atoms with Crippen molar-refractivity contribution in [3.8, 4) is 0 Å². The minimum Gasteiger partial charge on any atom is -0.462 e. The molecule has 0 unspecified atom stereocenters. The van der Waals surface area contributed by atoms with Gasteiger partial charge in [0.25, 0.3) is 5.91 Å². The fourth-order valence-corrected chi connectivity index (χ4v) is 4.37. The van der Waals surface area contributed by atoms with Gasteiger partial charge in [0.05, 0.1) is 17.9 Å². The highest BCUT2D eigenvalue weighted by atomic mass is 28.3. The summed E-state index contributed by atoms with van der Waals surface area (Å²) in [6.45, 7) is 9.07. The summed E-state index contributed by atoms with van der Waals surface area (Å²) in [5.41, 5.74) is 3.04. The minimum atomic E-state index is -1.41. The highest BCUT2D eigenvalue weighted by Crippen LogP contribution is 2.29. The summed E-state index contributed by atoms with van der Waals surface area (Å²) in [7, 11) is 0.279. The molecule has 0 saturated heterocycles. The van der Waals surface area contributed by atoms with Crippen molar-refractivity contribution < 1.29 is 19.1 Å². The molecule has 0 heterocycles. The highest BCUT2D eigenvalue weighted by molar-refractivity contribution is 6.76. The number of ether oxygens (including phenoxy) is 1. The Bertz CT molecular complexity index is 1240. The molecule has 194 valence electrons. The largest absolute Gasteiger partial charge is 0.462 e. The van der Waals surface area contributed by atoms with Crippen LogP contribution >= 0.6 is 0 Å². The lowest BCUT2D eigenvalue weighted by Gasteiger charge is -2.21. The van der Waals surface area contributed by atoms with Crippen LogP contribution in [0.3, 0.4) is 0 Å². The van der Waals surface area contributed by atoms with E-state index in [4.69, 9.17) is 4.74 Å². The molecule has 3 aromatic carbocycles. The van der Waals surface area contributed by atoms with Crippen LogP contribution in [0.1, 0.15) is 31.8 Å². The zero-order valence-corrected chi connectivity index (χ0v) is 23.1. The summed E-state index contributed by atoms with van der Waals surface area (Å²) in [4.78, 5) is 40.5. The monoisotopic (exact) mass is 517 g/mol. The van der Waals surface area contributed by atoms with Crippen LogP contribution in [0.5, 0.6) is 0 Å². The van der Waals surface area contributed by atoms with Crippen LogP contribution in [0.25, 0.3) is 0 Å². The van der Waals surface area contributed by atoms with Crippen LogP contribution in [-0.4, -0.2) is 44.5 Å². The zero-order chi connectivity index (χ0) is 27.0. The molecule has 2 N–H and O–H groups in total. The average molecular weight is 518 g/mol. The maximum Gasteiger partial charge on any atom is 0.340 e. The number of urea groups is 1. The Kier molecular flexibility index (Phi) is 9.24. The molecular formula is C29H35N3O4Si. The molecule has 0 spiro atoms. The Morgan fingerprint density at radius 3 is 2.05 bits per heavy atom. The third-order valence-electron chi connectivity index (χ3n) is 5.89. The van der Waals surface area contributed by atoms with Crippen LogP contribution in [0.2, 0.25) is 25.7 Å². The van der Waals surface area contributed by atoms with Gasteiger partial charge < -0.3 is 20.3 Å². The number of carbonyl (C=O) groups is 3. The predicted octanol–water partition coefficient (Wildman–Crippen LogP) is 6.41. The van der Waals surface area contributed by atoms with Gasteiger partial charge in [-0.25, -0.2) is 9.59 Å². The molecule has 0 aliphatic heterocycles. The maximum absolute atomic E-state index is 13.2. The fourth-order valence-electron chi connectivity index (χ4n) is 3.66. The Morgan fingerprint density at radius 1 is 0.838 bits per heavy atom. The van der Waals surface area contributed by atoms with Gasteiger partial charge in [0.2, 0.25) is 0 Å². The summed E-state index contributed by atoms with van der Waals surface area (Å²) >= 11 is 0. The first-order chi connectivity index (χ1) is 17.5. The molecule has 0 aliphatic carbocycles. The van der Waals surface area contributed by atoms with Crippen LogP contribution in [0.4, 0.5) is 16.2 Å². The van der Waals surface area contributed by atoms with E-state index in [-0.39, 0.29) is 17.5 Å². The van der Waals surface area contributed by atoms with E-state index in [0.717, 1.165) is 11.6 Å². The fraction of sp³-hybridized carbons (Fsp3) is 0.276. The SMILES string of the molecule is Cc1c(NC(=O)c2ccccc2)ccc(NC(=O)N(C)Cc2ccccc2)c1C(=O)OCC[Si](C)(C)C. The van der Waals surface area contributed by atoms with Crippen molar-refractivity contribution in [2.75, 3.05) is 24.3 Å². The van der Waals surface area contributed by atoms with Gasteiger partial charge in [0, 0.05) is 32.9 Å². The number of rotatable bonds is 9. The quantitative estimate of drug-likeness (QED) is 0.254. The summed E-state index contributed by atoms with van der Waals surface area (Å²) in [5, 5.41) is 5.73. The first-order valence-electron chi connectivity index (χ1n) is 12.3. The normalized spacial score (nSPS) is 10.9. The van der Waals surface area contributed by atoms with E-state index in [0.29, 0.717) is 35.7 Å². The first kappa shape index (κ1) is 27.7. The summed E-state index contributed by atoms with van der Waals surface area (Å²) in [6.07, 6.45) is 0. The van der Waals surface area contributed by atoms with Crippen molar-refractivity contribution >= 4 is 37.4 Å². The zero-order valence-electron chi connectivity index (χ0n) is 22.1. The molecule has 0 atom stereocenters. The number of anilines is 2. The third kappa shape index (κ3) is 8.04. The number of nitrogens with one attached hydrogen (secondary N) is 2. The van der Waals surface area contributed by atoms with E-state index < -0.39 is 14.0 Å². The minimum absolute atomic E-state index is 0.225. The van der Waals surface area contributed by atoms with Gasteiger partial charge in [0.15, 0.2) is 0 Å². The number of esters is 1. The van der Waals surface area contributed by atoms with Crippen molar-refractivity contribution in [3.05, 3.63) is 95.1 Å². The van der Waals surface area contributed by atoms with Gasteiger partial charge in [-0.05, 0) is 48.4 Å². The molecule has 0 aliphatic rings. The topological polar surface area (TPSA) is 87.7 Å². The third-order valence-corrected chi connectivity index (χ3v) is 7.59. The summed E-state index contributed by atoms with van der Waals surface area (Å²) in [6, 6.07) is 22.3. The van der Waals surface area contributed by atoms with E-state index in [2.05, 4.69) is 30.3 Å². The van der Waals surface area contributed by atoms with Crippen LogP contribution in [0.15, 0.2) is 72.8 Å². The Balaban J connectivity index is 1.85. The highest BCUT2D eigenvalue weighted by Gasteiger charge is 2.23. The van der Waals surface area contributed by atoms with Crippen LogP contribution in [-0.2, 0) is 11.3 Å². The van der Waals surface area contributed by atoms with Crippen molar-refractivity contribution in [1.82, 2.24) is 4.90 Å². The molecule has 3 aromatic rings. The maximum atomic E-state index is 13.2. The van der Waals surface area contributed by atoms with Crippen molar-refractivity contribution in [1.29, 1.82) is 0 Å². The number of nitrogens with zero attached hydrogens (tertiary/aromatic N) is 1. The molecule has 3 rings (SSSR count). The average Bonchev–Trinajstić information content (AvgIpc) is 2.86. The number of amides is 3. The van der Waals surface area contributed by atoms with Gasteiger partial charge >= 0.3 is 12.0 Å². The van der Waals surface area contributed by atoms with Gasteiger partial charge in [-0.2, -0.15) is 0 Å².